The Hall–Kier alpha value is -3.59. The van der Waals surface area contributed by atoms with Gasteiger partial charge >= 0.3 is 0 Å². The summed E-state index contributed by atoms with van der Waals surface area (Å²) in [6.45, 7) is 0. The summed E-state index contributed by atoms with van der Waals surface area (Å²) in [6.07, 6.45) is 6.66. The highest BCUT2D eigenvalue weighted by atomic mass is 16.5. The minimum atomic E-state index is 0.377. The van der Waals surface area contributed by atoms with Crippen LogP contribution in [0.4, 0.5) is 0 Å². The fourth-order valence-electron chi connectivity index (χ4n) is 4.52. The van der Waals surface area contributed by atoms with E-state index in [9.17, 15) is 0 Å². The van der Waals surface area contributed by atoms with E-state index in [2.05, 4.69) is 48.5 Å². The van der Waals surface area contributed by atoms with Crippen molar-refractivity contribution in [3.05, 3.63) is 102 Å². The van der Waals surface area contributed by atoms with Gasteiger partial charge in [0.15, 0.2) is 5.76 Å². The zero-order valence-corrected chi connectivity index (χ0v) is 18.3. The van der Waals surface area contributed by atoms with E-state index in [0.29, 0.717) is 5.92 Å². The molecule has 1 aliphatic rings. The van der Waals surface area contributed by atoms with Gasteiger partial charge in [-0.15, -0.1) is 0 Å². The highest BCUT2D eigenvalue weighted by Gasteiger charge is 2.26. The van der Waals surface area contributed by atoms with Crippen LogP contribution in [0.2, 0.25) is 0 Å². The van der Waals surface area contributed by atoms with E-state index in [1.807, 2.05) is 42.5 Å². The van der Waals surface area contributed by atoms with E-state index in [-0.39, 0.29) is 0 Å². The van der Waals surface area contributed by atoms with Crippen molar-refractivity contribution in [3.8, 4) is 28.3 Å². The minimum absolute atomic E-state index is 0.377. The van der Waals surface area contributed by atoms with Crippen molar-refractivity contribution in [1.82, 2.24) is 4.98 Å². The van der Waals surface area contributed by atoms with Crippen molar-refractivity contribution in [2.45, 2.75) is 25.7 Å². The monoisotopic (exact) mass is 421 g/mol. The van der Waals surface area contributed by atoms with Crippen LogP contribution >= 0.6 is 0 Å². The molecule has 4 aromatic rings. The first-order chi connectivity index (χ1) is 15.8. The van der Waals surface area contributed by atoms with Crippen LogP contribution in [-0.4, -0.2) is 12.1 Å². The van der Waals surface area contributed by atoms with Crippen LogP contribution in [0, 0.1) is 5.92 Å². The Morgan fingerprint density at radius 1 is 0.906 bits per heavy atom. The van der Waals surface area contributed by atoms with Crippen molar-refractivity contribution in [1.29, 1.82) is 0 Å². The maximum Gasteiger partial charge on any atom is 0.223 e. The average molecular weight is 422 g/mol. The summed E-state index contributed by atoms with van der Waals surface area (Å²) in [5.74, 6) is 2.85. The number of benzene rings is 3. The maximum absolute atomic E-state index is 6.50. The molecular weight excluding hydrogens is 394 g/mol. The molecule has 0 saturated heterocycles. The highest BCUT2D eigenvalue weighted by molar-refractivity contribution is 5.79. The van der Waals surface area contributed by atoms with Crippen molar-refractivity contribution in [2.75, 3.05) is 7.11 Å². The molecule has 0 bridgehead atoms. The smallest absolute Gasteiger partial charge is 0.223 e. The maximum atomic E-state index is 6.50. The average Bonchev–Trinajstić information content (AvgIpc) is 3.31. The molecule has 3 nitrogen and oxygen atoms in total. The van der Waals surface area contributed by atoms with Gasteiger partial charge in [0.1, 0.15) is 11.4 Å². The first-order valence-corrected chi connectivity index (χ1v) is 11.3. The lowest BCUT2D eigenvalue weighted by atomic mass is 9.83. The third kappa shape index (κ3) is 4.24. The van der Waals surface area contributed by atoms with Gasteiger partial charge in [0.25, 0.3) is 0 Å². The van der Waals surface area contributed by atoms with Gasteiger partial charge in [0, 0.05) is 16.7 Å². The summed E-state index contributed by atoms with van der Waals surface area (Å²) in [5.41, 5.74) is 5.52. The Balaban J connectivity index is 1.54. The SMILES string of the molecule is COc1cccc(CC2CCCC=C2c2nc(-c3ccccc3)c(-c3ccccc3)o2)c1. The summed E-state index contributed by atoms with van der Waals surface area (Å²) in [4.78, 5) is 5.05. The molecule has 1 aromatic heterocycles. The molecule has 0 aliphatic heterocycles. The molecule has 1 unspecified atom stereocenters. The second kappa shape index (κ2) is 9.27. The largest absolute Gasteiger partial charge is 0.497 e. The molecule has 3 aromatic carbocycles. The molecule has 32 heavy (non-hydrogen) atoms. The Kier molecular flexibility index (Phi) is 5.89. The second-order valence-corrected chi connectivity index (χ2v) is 8.27. The number of allylic oxidation sites excluding steroid dienone is 2. The normalized spacial score (nSPS) is 15.9. The van der Waals surface area contributed by atoms with Gasteiger partial charge in [0.2, 0.25) is 5.89 Å². The van der Waals surface area contributed by atoms with E-state index >= 15 is 0 Å². The summed E-state index contributed by atoms with van der Waals surface area (Å²) in [7, 11) is 1.72. The molecule has 0 N–H and O–H groups in total. The van der Waals surface area contributed by atoms with Crippen molar-refractivity contribution < 1.29 is 9.15 Å². The number of oxazole rings is 1. The van der Waals surface area contributed by atoms with Crippen molar-refractivity contribution in [3.63, 3.8) is 0 Å². The van der Waals surface area contributed by atoms with Gasteiger partial charge in [0.05, 0.1) is 7.11 Å². The standard InChI is InChI=1S/C29H27NO2/c1-31-25-17-10-11-21(20-25)19-24-16-8-9-18-26(24)29-30-27(22-12-4-2-5-13-22)28(32-29)23-14-6-3-7-15-23/h2-7,10-15,17-18,20,24H,8-9,16,19H2,1H3. The van der Waals surface area contributed by atoms with Gasteiger partial charge in [-0.3, -0.25) is 0 Å². The molecular formula is C29H27NO2. The van der Waals surface area contributed by atoms with E-state index < -0.39 is 0 Å². The molecule has 160 valence electrons. The van der Waals surface area contributed by atoms with E-state index in [1.165, 1.54) is 17.6 Å². The second-order valence-electron chi connectivity index (χ2n) is 8.27. The number of ether oxygens (including phenoxy) is 1. The van der Waals surface area contributed by atoms with Crippen LogP contribution in [0.15, 0.2) is 95.4 Å². The van der Waals surface area contributed by atoms with Gasteiger partial charge in [-0.2, -0.15) is 0 Å². The first-order valence-electron chi connectivity index (χ1n) is 11.3. The van der Waals surface area contributed by atoms with Gasteiger partial charge in [-0.25, -0.2) is 4.98 Å². The van der Waals surface area contributed by atoms with Gasteiger partial charge in [-0.1, -0.05) is 78.9 Å². The molecule has 0 amide bonds. The van der Waals surface area contributed by atoms with E-state index in [1.54, 1.807) is 7.11 Å². The molecule has 0 saturated carbocycles. The Bertz CT molecular complexity index is 1150. The molecule has 3 heteroatoms. The lowest BCUT2D eigenvalue weighted by Gasteiger charge is -2.22. The predicted molar refractivity (Wildman–Crippen MR) is 129 cm³/mol. The zero-order valence-electron chi connectivity index (χ0n) is 18.3. The van der Waals surface area contributed by atoms with Gasteiger partial charge in [-0.05, 0) is 49.3 Å². The summed E-state index contributed by atoms with van der Waals surface area (Å²) in [6, 6.07) is 28.9. The molecule has 0 spiro atoms. The van der Waals surface area contributed by atoms with Crippen LogP contribution in [-0.2, 0) is 6.42 Å². The van der Waals surface area contributed by atoms with Crippen LogP contribution in [0.5, 0.6) is 5.75 Å². The minimum Gasteiger partial charge on any atom is -0.497 e. The van der Waals surface area contributed by atoms with Crippen LogP contribution in [0.3, 0.4) is 0 Å². The molecule has 0 fully saturated rings. The topological polar surface area (TPSA) is 35.3 Å². The summed E-state index contributed by atoms with van der Waals surface area (Å²) in [5, 5.41) is 0. The molecule has 1 atom stereocenters. The van der Waals surface area contributed by atoms with E-state index in [0.717, 1.165) is 53.5 Å². The third-order valence-electron chi connectivity index (χ3n) is 6.13. The number of rotatable bonds is 6. The lowest BCUT2D eigenvalue weighted by molar-refractivity contribution is 0.413. The number of aromatic nitrogens is 1. The summed E-state index contributed by atoms with van der Waals surface area (Å²) >= 11 is 0. The predicted octanol–water partition coefficient (Wildman–Crippen LogP) is 7.44. The van der Waals surface area contributed by atoms with Crippen LogP contribution < -0.4 is 4.74 Å². The van der Waals surface area contributed by atoms with Crippen molar-refractivity contribution >= 4 is 5.57 Å². The number of nitrogens with zero attached hydrogens (tertiary/aromatic N) is 1. The Morgan fingerprint density at radius 2 is 1.66 bits per heavy atom. The molecule has 1 heterocycles. The highest BCUT2D eigenvalue weighted by Crippen LogP contribution is 2.40. The zero-order chi connectivity index (χ0) is 21.8. The third-order valence-corrected chi connectivity index (χ3v) is 6.13. The molecule has 0 radical (unpaired) electrons. The fourth-order valence-corrected chi connectivity index (χ4v) is 4.52. The van der Waals surface area contributed by atoms with E-state index in [4.69, 9.17) is 14.1 Å². The number of hydrogen-bond donors (Lipinski definition) is 0. The number of methoxy groups -OCH3 is 1. The molecule has 5 rings (SSSR count). The Labute approximate surface area is 189 Å². The Morgan fingerprint density at radius 3 is 2.41 bits per heavy atom. The summed E-state index contributed by atoms with van der Waals surface area (Å²) < 4.78 is 11.9. The fraction of sp³-hybridized carbons (Fsp3) is 0.207. The van der Waals surface area contributed by atoms with Crippen molar-refractivity contribution in [2.24, 2.45) is 5.92 Å². The van der Waals surface area contributed by atoms with Crippen LogP contribution in [0.25, 0.3) is 28.2 Å². The molecule has 1 aliphatic carbocycles. The lowest BCUT2D eigenvalue weighted by Crippen LogP contribution is -2.11. The number of hydrogen-bond acceptors (Lipinski definition) is 3. The van der Waals surface area contributed by atoms with Gasteiger partial charge < -0.3 is 9.15 Å². The first kappa shape index (κ1) is 20.3. The quantitative estimate of drug-likeness (QED) is 0.324. The van der Waals surface area contributed by atoms with Crippen LogP contribution in [0.1, 0.15) is 30.7 Å².